The molecule has 13 heavy (non-hydrogen) atoms. The summed E-state index contributed by atoms with van der Waals surface area (Å²) >= 11 is 0. The molecule has 76 valence electrons. The molecule has 0 bridgehead atoms. The second-order valence-electron chi connectivity index (χ2n) is 4.42. The maximum Gasteiger partial charge on any atom is 0.0443 e. The van der Waals surface area contributed by atoms with Crippen molar-refractivity contribution in [2.24, 2.45) is 11.0 Å². The second-order valence-corrected chi connectivity index (χ2v) is 4.42. The molecule has 1 heterocycles. The highest BCUT2D eigenvalue weighted by atomic mass is 15.5. The van der Waals surface area contributed by atoms with Gasteiger partial charge in [0.25, 0.3) is 0 Å². The fourth-order valence-electron chi connectivity index (χ4n) is 1.66. The Morgan fingerprint density at radius 1 is 1.54 bits per heavy atom. The van der Waals surface area contributed by atoms with Gasteiger partial charge in [-0.2, -0.15) is 5.10 Å². The van der Waals surface area contributed by atoms with Crippen LogP contribution in [-0.2, 0) is 0 Å². The minimum atomic E-state index is 0.662. The first-order chi connectivity index (χ1) is 6.20. The van der Waals surface area contributed by atoms with E-state index in [1.165, 1.54) is 19.3 Å². The Bertz CT molecular complexity index is 163. The molecule has 1 rings (SSSR count). The molecule has 1 aliphatic heterocycles. The monoisotopic (exact) mass is 182 g/mol. The van der Waals surface area contributed by atoms with Crippen molar-refractivity contribution in [1.82, 2.24) is 5.01 Å². The third kappa shape index (κ3) is 3.79. The van der Waals surface area contributed by atoms with Crippen molar-refractivity contribution in [2.75, 3.05) is 6.54 Å². The number of hydrogen-bond donors (Lipinski definition) is 0. The summed E-state index contributed by atoms with van der Waals surface area (Å²) in [6, 6.07) is 0.662. The molecule has 0 aromatic rings. The van der Waals surface area contributed by atoms with Gasteiger partial charge in [0.1, 0.15) is 0 Å². The number of nitrogens with zero attached hydrogens (tertiary/aromatic N) is 2. The molecule has 0 aromatic heterocycles. The number of rotatable bonds is 4. The van der Waals surface area contributed by atoms with Gasteiger partial charge in [-0.05, 0) is 38.5 Å². The van der Waals surface area contributed by atoms with Crippen LogP contribution in [0.15, 0.2) is 5.10 Å². The highest BCUT2D eigenvalue weighted by molar-refractivity contribution is 5.56. The summed E-state index contributed by atoms with van der Waals surface area (Å²) < 4.78 is 0. The van der Waals surface area contributed by atoms with E-state index < -0.39 is 0 Å². The molecule has 0 aromatic carbocycles. The molecule has 0 spiro atoms. The summed E-state index contributed by atoms with van der Waals surface area (Å²) in [6.45, 7) is 7.92. The predicted molar refractivity (Wildman–Crippen MR) is 58.0 cm³/mol. The van der Waals surface area contributed by atoms with Crippen LogP contribution in [0.1, 0.15) is 46.5 Å². The lowest BCUT2D eigenvalue weighted by atomic mass is 10.1. The molecule has 0 amide bonds. The molecule has 0 unspecified atom stereocenters. The number of hydrazone groups is 1. The van der Waals surface area contributed by atoms with Crippen molar-refractivity contribution in [3.63, 3.8) is 0 Å². The molecular weight excluding hydrogens is 160 g/mol. The molecule has 0 radical (unpaired) electrons. The number of hydrogen-bond acceptors (Lipinski definition) is 2. The Balaban J connectivity index is 2.15. The summed E-state index contributed by atoms with van der Waals surface area (Å²) in [6.07, 6.45) is 7.08. The zero-order valence-corrected chi connectivity index (χ0v) is 9.16. The minimum absolute atomic E-state index is 0.662. The first kappa shape index (κ1) is 10.6. The Kier molecular flexibility index (Phi) is 4.26. The van der Waals surface area contributed by atoms with E-state index in [1.54, 1.807) is 0 Å². The topological polar surface area (TPSA) is 15.6 Å². The van der Waals surface area contributed by atoms with Gasteiger partial charge < -0.3 is 0 Å². The first-order valence-corrected chi connectivity index (χ1v) is 5.49. The highest BCUT2D eigenvalue weighted by Gasteiger charge is 2.17. The van der Waals surface area contributed by atoms with Crippen molar-refractivity contribution in [1.29, 1.82) is 0 Å². The van der Waals surface area contributed by atoms with Crippen molar-refractivity contribution in [3.8, 4) is 0 Å². The van der Waals surface area contributed by atoms with Crippen LogP contribution < -0.4 is 0 Å². The third-order valence-electron chi connectivity index (χ3n) is 2.62. The van der Waals surface area contributed by atoms with Gasteiger partial charge in [-0.3, -0.25) is 5.01 Å². The van der Waals surface area contributed by atoms with E-state index in [2.05, 4.69) is 37.1 Å². The van der Waals surface area contributed by atoms with Gasteiger partial charge in [0.15, 0.2) is 0 Å². The van der Waals surface area contributed by atoms with Gasteiger partial charge in [-0.25, -0.2) is 0 Å². The maximum absolute atomic E-state index is 4.48. The highest BCUT2D eigenvalue weighted by Crippen LogP contribution is 2.16. The van der Waals surface area contributed by atoms with Crippen molar-refractivity contribution in [3.05, 3.63) is 0 Å². The van der Waals surface area contributed by atoms with Crippen molar-refractivity contribution < 1.29 is 0 Å². The Labute approximate surface area is 82.0 Å². The fourth-order valence-corrected chi connectivity index (χ4v) is 1.66. The molecule has 2 nitrogen and oxygen atoms in total. The summed E-state index contributed by atoms with van der Waals surface area (Å²) in [7, 11) is 0. The lowest BCUT2D eigenvalue weighted by molar-refractivity contribution is 0.284. The van der Waals surface area contributed by atoms with Gasteiger partial charge in [0, 0.05) is 18.8 Å². The smallest absolute Gasteiger partial charge is 0.0443 e. The van der Waals surface area contributed by atoms with E-state index in [0.29, 0.717) is 6.04 Å². The predicted octanol–water partition coefficient (Wildman–Crippen LogP) is 2.89. The van der Waals surface area contributed by atoms with Crippen molar-refractivity contribution >= 4 is 6.21 Å². The Morgan fingerprint density at radius 3 is 2.85 bits per heavy atom. The second kappa shape index (κ2) is 5.25. The Hall–Kier alpha value is -0.530. The minimum Gasteiger partial charge on any atom is -0.295 e. The van der Waals surface area contributed by atoms with E-state index in [4.69, 9.17) is 0 Å². The van der Waals surface area contributed by atoms with Crippen LogP contribution in [0.2, 0.25) is 0 Å². The zero-order valence-electron chi connectivity index (χ0n) is 9.16. The molecular formula is C11H22N2. The molecule has 0 aliphatic carbocycles. The Morgan fingerprint density at radius 2 is 2.31 bits per heavy atom. The van der Waals surface area contributed by atoms with Gasteiger partial charge in [0.05, 0.1) is 0 Å². The molecule has 1 fully saturated rings. The van der Waals surface area contributed by atoms with E-state index in [0.717, 1.165) is 18.9 Å². The van der Waals surface area contributed by atoms with Crippen LogP contribution in [0, 0.1) is 5.92 Å². The summed E-state index contributed by atoms with van der Waals surface area (Å²) in [5.41, 5.74) is 0. The standard InChI is InChI=1S/C11H22N2/c1-10(2)6-4-8-12-13-9-5-7-11(13)3/h8,10-11H,4-7,9H2,1-3H3/b12-8+/t11-/m1/s1. The van der Waals surface area contributed by atoms with Gasteiger partial charge in [0.2, 0.25) is 0 Å². The third-order valence-corrected chi connectivity index (χ3v) is 2.62. The fraction of sp³-hybridized carbons (Fsp3) is 0.909. The average Bonchev–Trinajstić information content (AvgIpc) is 2.45. The maximum atomic E-state index is 4.48. The van der Waals surface area contributed by atoms with E-state index in [-0.39, 0.29) is 0 Å². The van der Waals surface area contributed by atoms with Gasteiger partial charge in [-0.1, -0.05) is 13.8 Å². The molecule has 0 saturated carbocycles. The molecule has 2 heteroatoms. The summed E-state index contributed by atoms with van der Waals surface area (Å²) in [4.78, 5) is 0. The normalized spacial score (nSPS) is 23.7. The summed E-state index contributed by atoms with van der Waals surface area (Å²) in [5.74, 6) is 0.794. The van der Waals surface area contributed by atoms with Crippen LogP contribution >= 0.6 is 0 Å². The lowest BCUT2D eigenvalue weighted by Crippen LogP contribution is -2.20. The molecule has 1 saturated heterocycles. The van der Waals surface area contributed by atoms with Gasteiger partial charge >= 0.3 is 0 Å². The zero-order chi connectivity index (χ0) is 9.68. The van der Waals surface area contributed by atoms with E-state index >= 15 is 0 Å². The SMILES string of the molecule is CC(C)CC/C=N/N1CCC[C@H]1C. The van der Waals surface area contributed by atoms with E-state index in [9.17, 15) is 0 Å². The van der Waals surface area contributed by atoms with Crippen LogP contribution in [0.3, 0.4) is 0 Å². The van der Waals surface area contributed by atoms with Gasteiger partial charge in [-0.15, -0.1) is 0 Å². The largest absolute Gasteiger partial charge is 0.295 e. The van der Waals surface area contributed by atoms with Crippen molar-refractivity contribution in [2.45, 2.75) is 52.5 Å². The molecule has 1 aliphatic rings. The first-order valence-electron chi connectivity index (χ1n) is 5.49. The van der Waals surface area contributed by atoms with E-state index in [1.807, 2.05) is 0 Å². The average molecular weight is 182 g/mol. The van der Waals surface area contributed by atoms with Crippen LogP contribution in [0.25, 0.3) is 0 Å². The van der Waals surface area contributed by atoms with Crippen LogP contribution in [-0.4, -0.2) is 23.8 Å². The quantitative estimate of drug-likeness (QED) is 0.610. The molecule has 1 atom stereocenters. The lowest BCUT2D eigenvalue weighted by Gasteiger charge is -2.16. The summed E-state index contributed by atoms with van der Waals surface area (Å²) in [5, 5.41) is 6.71. The molecule has 0 N–H and O–H groups in total. The van der Waals surface area contributed by atoms with Crippen LogP contribution in [0.4, 0.5) is 0 Å². The van der Waals surface area contributed by atoms with Crippen LogP contribution in [0.5, 0.6) is 0 Å².